The third-order valence-electron chi connectivity index (χ3n) is 3.98. The van der Waals surface area contributed by atoms with Gasteiger partial charge in [0.1, 0.15) is 5.82 Å². The van der Waals surface area contributed by atoms with E-state index >= 15 is 0 Å². The number of hydrogen-bond donors (Lipinski definition) is 2. The second-order valence-corrected chi connectivity index (χ2v) is 5.68. The first kappa shape index (κ1) is 12.3. The van der Waals surface area contributed by atoms with Crippen molar-refractivity contribution in [2.24, 2.45) is 5.41 Å². The summed E-state index contributed by atoms with van der Waals surface area (Å²) >= 11 is 0. The van der Waals surface area contributed by atoms with E-state index in [4.69, 9.17) is 0 Å². The number of nitrogens with one attached hydrogen (secondary N) is 2. The van der Waals surface area contributed by atoms with E-state index < -0.39 is 0 Å². The van der Waals surface area contributed by atoms with Crippen molar-refractivity contribution in [2.45, 2.75) is 33.1 Å². The number of aromatic nitrogens is 3. The van der Waals surface area contributed by atoms with E-state index in [0.29, 0.717) is 5.41 Å². The lowest BCUT2D eigenvalue weighted by molar-refractivity contribution is 0.180. The molecule has 3 rings (SSSR count). The summed E-state index contributed by atoms with van der Waals surface area (Å²) in [6, 6.07) is 0. The fourth-order valence-electron chi connectivity index (χ4n) is 2.57. The molecule has 0 aromatic carbocycles. The van der Waals surface area contributed by atoms with Gasteiger partial charge in [-0.3, -0.25) is 0 Å². The maximum Gasteiger partial charge on any atom is 0.180 e. The van der Waals surface area contributed by atoms with Gasteiger partial charge in [-0.1, -0.05) is 13.3 Å². The molecule has 5 nitrogen and oxygen atoms in total. The standard InChI is InChI=1S/C14H21N5/c1-3-15-11-9-19-8-7-16-13(19)12(18-11)17-10-14(2)5-4-6-14/h7-9,15H,3-6,10H2,1-2H3,(H,17,18). The Morgan fingerprint density at radius 1 is 1.37 bits per heavy atom. The van der Waals surface area contributed by atoms with E-state index in [-0.39, 0.29) is 0 Å². The summed E-state index contributed by atoms with van der Waals surface area (Å²) in [4.78, 5) is 8.99. The minimum atomic E-state index is 0.430. The quantitative estimate of drug-likeness (QED) is 0.867. The third kappa shape index (κ3) is 2.37. The van der Waals surface area contributed by atoms with Gasteiger partial charge >= 0.3 is 0 Å². The number of fused-ring (bicyclic) bond motifs is 1. The Balaban J connectivity index is 1.85. The lowest BCUT2D eigenvalue weighted by Gasteiger charge is -2.38. The van der Waals surface area contributed by atoms with E-state index in [1.807, 2.05) is 23.0 Å². The van der Waals surface area contributed by atoms with Gasteiger partial charge in [-0.05, 0) is 25.2 Å². The number of hydrogen-bond acceptors (Lipinski definition) is 4. The third-order valence-corrected chi connectivity index (χ3v) is 3.98. The normalized spacial score (nSPS) is 17.2. The molecule has 1 saturated carbocycles. The van der Waals surface area contributed by atoms with E-state index in [2.05, 4.69) is 34.4 Å². The lowest BCUT2D eigenvalue weighted by atomic mass is 9.70. The molecule has 2 N–H and O–H groups in total. The van der Waals surface area contributed by atoms with Crippen molar-refractivity contribution in [1.82, 2.24) is 14.4 Å². The zero-order valence-electron chi connectivity index (χ0n) is 11.6. The molecule has 0 aliphatic heterocycles. The van der Waals surface area contributed by atoms with Crippen molar-refractivity contribution < 1.29 is 0 Å². The van der Waals surface area contributed by atoms with E-state index in [1.54, 1.807) is 0 Å². The van der Waals surface area contributed by atoms with Crippen LogP contribution >= 0.6 is 0 Å². The zero-order chi connectivity index (χ0) is 13.3. The maximum atomic E-state index is 4.62. The maximum absolute atomic E-state index is 4.62. The molecule has 1 fully saturated rings. The molecule has 2 heterocycles. The van der Waals surface area contributed by atoms with Crippen molar-refractivity contribution >= 4 is 17.3 Å². The summed E-state index contributed by atoms with van der Waals surface area (Å²) in [5.41, 5.74) is 1.32. The van der Waals surface area contributed by atoms with Crippen LogP contribution in [0.3, 0.4) is 0 Å². The van der Waals surface area contributed by atoms with Crippen molar-refractivity contribution in [2.75, 3.05) is 23.7 Å². The number of rotatable bonds is 5. The first-order valence-corrected chi connectivity index (χ1v) is 7.02. The van der Waals surface area contributed by atoms with Crippen molar-refractivity contribution in [1.29, 1.82) is 0 Å². The number of imidazole rings is 1. The summed E-state index contributed by atoms with van der Waals surface area (Å²) < 4.78 is 2.01. The smallest absolute Gasteiger partial charge is 0.180 e. The second-order valence-electron chi connectivity index (χ2n) is 5.68. The molecule has 0 amide bonds. The molecule has 0 bridgehead atoms. The van der Waals surface area contributed by atoms with Gasteiger partial charge in [-0.15, -0.1) is 0 Å². The zero-order valence-corrected chi connectivity index (χ0v) is 11.6. The molecule has 0 radical (unpaired) electrons. The van der Waals surface area contributed by atoms with Crippen molar-refractivity contribution in [3.63, 3.8) is 0 Å². The Kier molecular flexibility index (Phi) is 3.05. The molecule has 2 aromatic rings. The fraction of sp³-hybridized carbons (Fsp3) is 0.571. The average Bonchev–Trinajstić information content (AvgIpc) is 2.82. The summed E-state index contributed by atoms with van der Waals surface area (Å²) in [6.07, 6.45) is 9.69. The van der Waals surface area contributed by atoms with Crippen LogP contribution < -0.4 is 10.6 Å². The Bertz CT molecular complexity index is 570. The highest BCUT2D eigenvalue weighted by atomic mass is 15.1. The molecule has 1 aliphatic carbocycles. The van der Waals surface area contributed by atoms with Crippen LogP contribution in [0.2, 0.25) is 0 Å². The van der Waals surface area contributed by atoms with Crippen LogP contribution in [0.15, 0.2) is 18.6 Å². The molecule has 0 unspecified atom stereocenters. The van der Waals surface area contributed by atoms with Crippen LogP contribution in [0.25, 0.3) is 5.65 Å². The molecule has 1 aliphatic rings. The van der Waals surface area contributed by atoms with Crippen molar-refractivity contribution in [3.05, 3.63) is 18.6 Å². The van der Waals surface area contributed by atoms with E-state index in [0.717, 1.165) is 30.4 Å². The first-order valence-electron chi connectivity index (χ1n) is 7.02. The number of nitrogens with zero attached hydrogens (tertiary/aromatic N) is 3. The molecule has 0 spiro atoms. The van der Waals surface area contributed by atoms with Crippen LogP contribution in [-0.4, -0.2) is 27.5 Å². The highest BCUT2D eigenvalue weighted by Crippen LogP contribution is 2.40. The highest BCUT2D eigenvalue weighted by Gasteiger charge is 2.31. The van der Waals surface area contributed by atoms with Gasteiger partial charge in [0.2, 0.25) is 0 Å². The van der Waals surface area contributed by atoms with Crippen LogP contribution in [0.4, 0.5) is 11.6 Å². The topological polar surface area (TPSA) is 54.2 Å². The Morgan fingerprint density at radius 3 is 2.89 bits per heavy atom. The predicted octanol–water partition coefficient (Wildman–Crippen LogP) is 2.76. The van der Waals surface area contributed by atoms with Crippen LogP contribution in [0.1, 0.15) is 33.1 Å². The fourth-order valence-corrected chi connectivity index (χ4v) is 2.57. The molecule has 19 heavy (non-hydrogen) atoms. The van der Waals surface area contributed by atoms with Gasteiger partial charge in [-0.2, -0.15) is 0 Å². The summed E-state index contributed by atoms with van der Waals surface area (Å²) in [5.74, 6) is 1.76. The van der Waals surface area contributed by atoms with Gasteiger partial charge < -0.3 is 15.0 Å². The monoisotopic (exact) mass is 259 g/mol. The van der Waals surface area contributed by atoms with Crippen LogP contribution in [0.5, 0.6) is 0 Å². The minimum absolute atomic E-state index is 0.430. The van der Waals surface area contributed by atoms with Crippen molar-refractivity contribution in [3.8, 4) is 0 Å². The molecular weight excluding hydrogens is 238 g/mol. The largest absolute Gasteiger partial charge is 0.369 e. The molecule has 2 aromatic heterocycles. The molecule has 102 valence electrons. The molecule has 0 saturated heterocycles. The van der Waals surface area contributed by atoms with E-state index in [9.17, 15) is 0 Å². The highest BCUT2D eigenvalue weighted by molar-refractivity contribution is 5.65. The minimum Gasteiger partial charge on any atom is -0.369 e. The molecule has 5 heteroatoms. The van der Waals surface area contributed by atoms with Crippen LogP contribution in [0, 0.1) is 5.41 Å². The van der Waals surface area contributed by atoms with Gasteiger partial charge in [0.05, 0.1) is 6.20 Å². The molecule has 0 atom stereocenters. The summed E-state index contributed by atoms with van der Waals surface area (Å²) in [6.45, 7) is 6.24. The SMILES string of the molecule is CCNc1cn2ccnc2c(NCC2(C)CCC2)n1. The predicted molar refractivity (Wildman–Crippen MR) is 77.6 cm³/mol. The Morgan fingerprint density at radius 2 is 2.21 bits per heavy atom. The summed E-state index contributed by atoms with van der Waals surface area (Å²) in [5, 5.41) is 6.74. The van der Waals surface area contributed by atoms with Gasteiger partial charge in [0, 0.05) is 25.5 Å². The van der Waals surface area contributed by atoms with Crippen LogP contribution in [-0.2, 0) is 0 Å². The molecular formula is C14H21N5. The van der Waals surface area contributed by atoms with Gasteiger partial charge in [0.25, 0.3) is 0 Å². The van der Waals surface area contributed by atoms with E-state index in [1.165, 1.54) is 19.3 Å². The Labute approximate surface area is 113 Å². The lowest BCUT2D eigenvalue weighted by Crippen LogP contribution is -2.33. The second kappa shape index (κ2) is 4.72. The average molecular weight is 259 g/mol. The summed E-state index contributed by atoms with van der Waals surface area (Å²) in [7, 11) is 0. The van der Waals surface area contributed by atoms with Gasteiger partial charge in [-0.25, -0.2) is 9.97 Å². The Hall–Kier alpha value is -1.78. The number of anilines is 2. The van der Waals surface area contributed by atoms with Gasteiger partial charge in [0.15, 0.2) is 11.5 Å². The first-order chi connectivity index (χ1) is 9.20.